The number of rotatable bonds is 3. The van der Waals surface area contributed by atoms with Crippen molar-refractivity contribution >= 4 is 41.7 Å². The second-order valence-electron chi connectivity index (χ2n) is 5.36. The summed E-state index contributed by atoms with van der Waals surface area (Å²) in [6, 6.07) is 5.88. The summed E-state index contributed by atoms with van der Waals surface area (Å²) in [4.78, 5) is 24.8. The van der Waals surface area contributed by atoms with Crippen LogP contribution in [0.2, 0.25) is 0 Å². The molecular formula is C15H20ClN3O2S. The van der Waals surface area contributed by atoms with Gasteiger partial charge in [0.15, 0.2) is 0 Å². The number of anilines is 1. The zero-order chi connectivity index (χ0) is 14.7. The van der Waals surface area contributed by atoms with Crippen LogP contribution in [-0.2, 0) is 4.79 Å². The molecule has 1 atom stereocenters. The molecule has 1 aromatic carbocycles. The van der Waals surface area contributed by atoms with E-state index < -0.39 is 0 Å². The lowest BCUT2D eigenvalue weighted by molar-refractivity contribution is -0.115. The SMILES string of the molecule is Cl.O=C1CCSc2ccc(C(=O)NCC3CCCN3)cc2N1. The Morgan fingerprint density at radius 1 is 1.41 bits per heavy atom. The molecule has 22 heavy (non-hydrogen) atoms. The normalized spacial score (nSPS) is 20.4. The number of fused-ring (bicyclic) bond motifs is 1. The molecule has 0 spiro atoms. The predicted molar refractivity (Wildman–Crippen MR) is 91.0 cm³/mol. The van der Waals surface area contributed by atoms with Crippen molar-refractivity contribution in [2.45, 2.75) is 30.2 Å². The van der Waals surface area contributed by atoms with Crippen molar-refractivity contribution < 1.29 is 9.59 Å². The molecule has 1 saturated heterocycles. The largest absolute Gasteiger partial charge is 0.350 e. The van der Waals surface area contributed by atoms with Crippen molar-refractivity contribution in [3.05, 3.63) is 23.8 Å². The molecule has 7 heteroatoms. The molecule has 1 fully saturated rings. The minimum atomic E-state index is -0.0880. The number of carbonyl (C=O) groups is 2. The average Bonchev–Trinajstić information content (AvgIpc) is 2.92. The van der Waals surface area contributed by atoms with Crippen molar-refractivity contribution in [3.8, 4) is 0 Å². The topological polar surface area (TPSA) is 70.2 Å². The minimum absolute atomic E-state index is 0. The Kier molecular flexibility index (Phi) is 6.11. The van der Waals surface area contributed by atoms with Crippen LogP contribution in [0.25, 0.3) is 0 Å². The second-order valence-corrected chi connectivity index (χ2v) is 6.50. The van der Waals surface area contributed by atoms with Crippen LogP contribution in [0.4, 0.5) is 5.69 Å². The van der Waals surface area contributed by atoms with Gasteiger partial charge in [-0.05, 0) is 37.6 Å². The van der Waals surface area contributed by atoms with E-state index in [9.17, 15) is 9.59 Å². The van der Waals surface area contributed by atoms with Crippen molar-refractivity contribution in [1.82, 2.24) is 10.6 Å². The molecule has 5 nitrogen and oxygen atoms in total. The Morgan fingerprint density at radius 3 is 3.05 bits per heavy atom. The Hall–Kier alpha value is -1.24. The maximum atomic E-state index is 12.2. The van der Waals surface area contributed by atoms with Gasteiger partial charge in [-0.1, -0.05) is 0 Å². The quantitative estimate of drug-likeness (QED) is 0.786. The summed E-state index contributed by atoms with van der Waals surface area (Å²) in [6.07, 6.45) is 2.79. The number of thioether (sulfide) groups is 1. The molecular weight excluding hydrogens is 322 g/mol. The highest BCUT2D eigenvalue weighted by Crippen LogP contribution is 2.31. The highest BCUT2D eigenvalue weighted by molar-refractivity contribution is 7.99. The van der Waals surface area contributed by atoms with Crippen LogP contribution in [0.15, 0.2) is 23.1 Å². The summed E-state index contributed by atoms with van der Waals surface area (Å²) >= 11 is 1.64. The molecule has 0 radical (unpaired) electrons. The van der Waals surface area contributed by atoms with Crippen molar-refractivity contribution in [3.63, 3.8) is 0 Å². The summed E-state index contributed by atoms with van der Waals surface area (Å²) in [5, 5.41) is 9.17. The number of hydrogen-bond acceptors (Lipinski definition) is 4. The molecule has 0 bridgehead atoms. The molecule has 120 valence electrons. The first-order valence-corrected chi connectivity index (χ1v) is 8.29. The van der Waals surface area contributed by atoms with Gasteiger partial charge in [0.05, 0.1) is 5.69 Å². The van der Waals surface area contributed by atoms with E-state index in [4.69, 9.17) is 0 Å². The van der Waals surface area contributed by atoms with Gasteiger partial charge in [-0.3, -0.25) is 9.59 Å². The first kappa shape index (κ1) is 17.1. The van der Waals surface area contributed by atoms with Crippen LogP contribution in [0.1, 0.15) is 29.6 Å². The standard InChI is InChI=1S/C15H19N3O2S.ClH/c19-14-5-7-21-13-4-3-10(8-12(13)18-14)15(20)17-9-11-2-1-6-16-11;/h3-4,8,11,16H,1-2,5-7,9H2,(H,17,20)(H,18,19);1H. The van der Waals surface area contributed by atoms with Gasteiger partial charge >= 0.3 is 0 Å². The van der Waals surface area contributed by atoms with Gasteiger partial charge in [0.2, 0.25) is 5.91 Å². The number of benzene rings is 1. The van der Waals surface area contributed by atoms with Gasteiger partial charge in [-0.15, -0.1) is 24.2 Å². The molecule has 1 unspecified atom stereocenters. The van der Waals surface area contributed by atoms with E-state index in [-0.39, 0.29) is 24.2 Å². The van der Waals surface area contributed by atoms with Crippen LogP contribution in [0.5, 0.6) is 0 Å². The summed E-state index contributed by atoms with van der Waals surface area (Å²) in [5.41, 5.74) is 1.34. The minimum Gasteiger partial charge on any atom is -0.350 e. The molecule has 2 heterocycles. The fraction of sp³-hybridized carbons (Fsp3) is 0.467. The Bertz CT molecular complexity index is 562. The predicted octanol–water partition coefficient (Wildman–Crippen LogP) is 2.02. The third-order valence-corrected chi connectivity index (χ3v) is 4.85. The number of halogens is 1. The summed E-state index contributed by atoms with van der Waals surface area (Å²) in [7, 11) is 0. The zero-order valence-corrected chi connectivity index (χ0v) is 13.8. The molecule has 2 aliphatic heterocycles. The van der Waals surface area contributed by atoms with Gasteiger partial charge in [-0.2, -0.15) is 0 Å². The van der Waals surface area contributed by atoms with E-state index in [0.717, 1.165) is 29.3 Å². The number of carbonyl (C=O) groups excluding carboxylic acids is 2. The highest BCUT2D eigenvalue weighted by Gasteiger charge is 2.18. The number of amides is 2. The lowest BCUT2D eigenvalue weighted by Gasteiger charge is -2.13. The van der Waals surface area contributed by atoms with Gasteiger partial charge in [-0.25, -0.2) is 0 Å². The highest BCUT2D eigenvalue weighted by atomic mass is 35.5. The number of nitrogens with one attached hydrogen (secondary N) is 3. The Balaban J connectivity index is 0.00000176. The summed E-state index contributed by atoms with van der Waals surface area (Å²) in [6.45, 7) is 1.68. The van der Waals surface area contributed by atoms with E-state index >= 15 is 0 Å². The lowest BCUT2D eigenvalue weighted by Crippen LogP contribution is -2.37. The molecule has 3 N–H and O–H groups in total. The lowest BCUT2D eigenvalue weighted by atomic mass is 10.1. The smallest absolute Gasteiger partial charge is 0.251 e. The van der Waals surface area contributed by atoms with Crippen LogP contribution in [0, 0.1) is 0 Å². The molecule has 0 aromatic heterocycles. The third-order valence-electron chi connectivity index (χ3n) is 3.77. The van der Waals surface area contributed by atoms with Crippen LogP contribution < -0.4 is 16.0 Å². The van der Waals surface area contributed by atoms with Crippen LogP contribution in [0.3, 0.4) is 0 Å². The van der Waals surface area contributed by atoms with Gasteiger partial charge < -0.3 is 16.0 Å². The molecule has 0 aliphatic carbocycles. The third kappa shape index (κ3) is 4.15. The van der Waals surface area contributed by atoms with Gasteiger partial charge in [0, 0.05) is 35.2 Å². The molecule has 2 aliphatic rings. The maximum Gasteiger partial charge on any atom is 0.251 e. The van der Waals surface area contributed by atoms with E-state index in [1.54, 1.807) is 17.8 Å². The van der Waals surface area contributed by atoms with Gasteiger partial charge in [0.25, 0.3) is 5.91 Å². The van der Waals surface area contributed by atoms with Crippen molar-refractivity contribution in [2.75, 3.05) is 24.2 Å². The average molecular weight is 342 g/mol. The Labute approximate surface area is 140 Å². The molecule has 3 rings (SSSR count). The van der Waals surface area contributed by atoms with Crippen molar-refractivity contribution in [1.29, 1.82) is 0 Å². The van der Waals surface area contributed by atoms with Gasteiger partial charge in [0.1, 0.15) is 0 Å². The molecule has 0 saturated carbocycles. The first-order valence-electron chi connectivity index (χ1n) is 7.30. The fourth-order valence-electron chi connectivity index (χ4n) is 2.61. The maximum absolute atomic E-state index is 12.2. The molecule has 1 aromatic rings. The monoisotopic (exact) mass is 341 g/mol. The van der Waals surface area contributed by atoms with Crippen LogP contribution in [-0.4, -0.2) is 36.7 Å². The second kappa shape index (κ2) is 7.85. The van der Waals surface area contributed by atoms with Crippen LogP contribution >= 0.6 is 24.2 Å². The number of hydrogen-bond donors (Lipinski definition) is 3. The Morgan fingerprint density at radius 2 is 2.27 bits per heavy atom. The zero-order valence-electron chi connectivity index (χ0n) is 12.2. The first-order chi connectivity index (χ1) is 10.2. The fourth-order valence-corrected chi connectivity index (χ4v) is 3.55. The van der Waals surface area contributed by atoms with E-state index in [2.05, 4.69) is 16.0 Å². The van der Waals surface area contributed by atoms with Crippen molar-refractivity contribution in [2.24, 2.45) is 0 Å². The van der Waals surface area contributed by atoms with E-state index in [1.165, 1.54) is 6.42 Å². The summed E-state index contributed by atoms with van der Waals surface area (Å²) < 4.78 is 0. The van der Waals surface area contributed by atoms with E-state index in [1.807, 2.05) is 12.1 Å². The molecule has 2 amide bonds. The summed E-state index contributed by atoms with van der Waals surface area (Å²) in [5.74, 6) is 0.696. The van der Waals surface area contributed by atoms with E-state index in [0.29, 0.717) is 24.6 Å².